The Morgan fingerprint density at radius 1 is 1.10 bits per heavy atom. The summed E-state index contributed by atoms with van der Waals surface area (Å²) in [6.07, 6.45) is 0.753. The number of hydrogen-bond donors (Lipinski definition) is 1. The first kappa shape index (κ1) is 19.5. The second kappa shape index (κ2) is 8.27. The molecule has 1 aliphatic rings. The van der Waals surface area contributed by atoms with Gasteiger partial charge in [0.1, 0.15) is 11.4 Å². The second-order valence-corrected chi connectivity index (χ2v) is 7.32. The van der Waals surface area contributed by atoms with Crippen molar-refractivity contribution in [1.82, 2.24) is 15.1 Å². The number of aromatic nitrogens is 2. The summed E-state index contributed by atoms with van der Waals surface area (Å²) in [6, 6.07) is 15.1. The van der Waals surface area contributed by atoms with Gasteiger partial charge in [-0.1, -0.05) is 35.9 Å². The van der Waals surface area contributed by atoms with Gasteiger partial charge in [0, 0.05) is 36.4 Å². The van der Waals surface area contributed by atoms with Crippen LogP contribution in [-0.2, 0) is 4.74 Å². The van der Waals surface area contributed by atoms with Crippen molar-refractivity contribution in [3.05, 3.63) is 70.4 Å². The van der Waals surface area contributed by atoms with Crippen molar-refractivity contribution in [2.24, 2.45) is 0 Å². The highest BCUT2D eigenvalue weighted by molar-refractivity contribution is 6.30. The molecule has 1 atom stereocenters. The predicted octanol–water partition coefficient (Wildman–Crippen LogP) is 4.32. The maximum atomic E-state index is 13.2. The monoisotopic (exact) mass is 411 g/mol. The van der Waals surface area contributed by atoms with E-state index in [2.05, 4.69) is 10.2 Å². The van der Waals surface area contributed by atoms with Gasteiger partial charge in [-0.05, 0) is 36.2 Å². The van der Waals surface area contributed by atoms with Gasteiger partial charge in [0.05, 0.1) is 18.8 Å². The van der Waals surface area contributed by atoms with Crippen LogP contribution >= 0.6 is 11.6 Å². The van der Waals surface area contributed by atoms with Crippen LogP contribution in [0.5, 0.6) is 5.75 Å². The summed E-state index contributed by atoms with van der Waals surface area (Å²) in [5, 5.41) is 8.08. The largest absolute Gasteiger partial charge is 0.497 e. The van der Waals surface area contributed by atoms with Gasteiger partial charge in [0.25, 0.3) is 5.91 Å². The molecule has 4 rings (SSSR count). The number of carbonyl (C=O) groups excluding carboxylic acids is 1. The Kier molecular flexibility index (Phi) is 5.56. The van der Waals surface area contributed by atoms with Crippen molar-refractivity contribution in [3.8, 4) is 17.0 Å². The molecule has 1 aromatic heterocycles. The Morgan fingerprint density at radius 2 is 1.83 bits per heavy atom. The molecule has 0 saturated heterocycles. The number of rotatable bonds is 7. The molecule has 7 heteroatoms. The third kappa shape index (κ3) is 3.61. The first-order valence-corrected chi connectivity index (χ1v) is 9.80. The molecule has 2 aromatic carbocycles. The minimum absolute atomic E-state index is 0.0513. The minimum atomic E-state index is -0.232. The summed E-state index contributed by atoms with van der Waals surface area (Å²) < 4.78 is 10.5. The topological polar surface area (TPSA) is 67.5 Å². The summed E-state index contributed by atoms with van der Waals surface area (Å²) >= 11 is 6.05. The Labute approximate surface area is 174 Å². The highest BCUT2D eigenvalue weighted by Gasteiger charge is 2.41. The smallest absolute Gasteiger partial charge is 0.273 e. The van der Waals surface area contributed by atoms with Crippen LogP contribution in [-0.4, -0.2) is 48.4 Å². The lowest BCUT2D eigenvalue weighted by Crippen LogP contribution is -2.31. The van der Waals surface area contributed by atoms with E-state index in [9.17, 15) is 4.79 Å². The Balaban J connectivity index is 1.79. The average molecular weight is 412 g/mol. The zero-order chi connectivity index (χ0) is 20.4. The molecule has 0 bridgehead atoms. The lowest BCUT2D eigenvalue weighted by Gasteiger charge is -2.26. The maximum absolute atomic E-state index is 13.2. The van der Waals surface area contributed by atoms with Gasteiger partial charge in [-0.3, -0.25) is 9.89 Å². The zero-order valence-corrected chi connectivity index (χ0v) is 17.1. The molecule has 1 unspecified atom stereocenters. The molecule has 29 heavy (non-hydrogen) atoms. The predicted molar refractivity (Wildman–Crippen MR) is 111 cm³/mol. The Hall–Kier alpha value is -2.83. The Bertz CT molecular complexity index is 999. The van der Waals surface area contributed by atoms with Crippen molar-refractivity contribution in [1.29, 1.82) is 0 Å². The number of H-pyrrole nitrogens is 1. The zero-order valence-electron chi connectivity index (χ0n) is 16.3. The van der Waals surface area contributed by atoms with E-state index in [1.165, 1.54) is 0 Å². The van der Waals surface area contributed by atoms with Gasteiger partial charge in [-0.15, -0.1) is 0 Å². The number of amides is 1. The van der Waals surface area contributed by atoms with Crippen LogP contribution in [0.3, 0.4) is 0 Å². The third-order valence-corrected chi connectivity index (χ3v) is 5.41. The Morgan fingerprint density at radius 3 is 2.48 bits per heavy atom. The molecular formula is C22H22ClN3O3. The molecule has 6 nitrogen and oxygen atoms in total. The van der Waals surface area contributed by atoms with E-state index in [0.717, 1.165) is 34.6 Å². The molecule has 0 fully saturated rings. The lowest BCUT2D eigenvalue weighted by atomic mass is 9.96. The number of aromatic amines is 1. The van der Waals surface area contributed by atoms with Gasteiger partial charge < -0.3 is 14.4 Å². The van der Waals surface area contributed by atoms with Crippen LogP contribution in [0.15, 0.2) is 48.5 Å². The SMILES string of the molecule is COCCCN1C(=O)c2[nH]nc(-c3ccc(Cl)cc3)c2C1c1ccc(OC)cc1. The number of halogens is 1. The van der Waals surface area contributed by atoms with Crippen LogP contribution in [0.1, 0.15) is 34.1 Å². The molecule has 3 aromatic rings. The van der Waals surface area contributed by atoms with Crippen molar-refractivity contribution < 1.29 is 14.3 Å². The molecule has 0 spiro atoms. The first-order chi connectivity index (χ1) is 14.1. The molecule has 0 radical (unpaired) electrons. The van der Waals surface area contributed by atoms with E-state index in [4.69, 9.17) is 21.1 Å². The number of methoxy groups -OCH3 is 2. The fourth-order valence-corrected chi connectivity index (χ4v) is 3.89. The first-order valence-electron chi connectivity index (χ1n) is 9.42. The maximum Gasteiger partial charge on any atom is 0.273 e. The van der Waals surface area contributed by atoms with Gasteiger partial charge >= 0.3 is 0 Å². The van der Waals surface area contributed by atoms with Crippen LogP contribution in [0.25, 0.3) is 11.3 Å². The van der Waals surface area contributed by atoms with Crippen molar-refractivity contribution >= 4 is 17.5 Å². The molecule has 150 valence electrons. The van der Waals surface area contributed by atoms with E-state index in [-0.39, 0.29) is 11.9 Å². The minimum Gasteiger partial charge on any atom is -0.497 e. The second-order valence-electron chi connectivity index (χ2n) is 6.89. The summed E-state index contributed by atoms with van der Waals surface area (Å²) in [4.78, 5) is 15.0. The quantitative estimate of drug-likeness (QED) is 0.588. The van der Waals surface area contributed by atoms with Crippen LogP contribution in [0.4, 0.5) is 0 Å². The standard InChI is InChI=1S/C22H22ClN3O3/c1-28-13-3-12-26-21(15-6-10-17(29-2)11-7-15)18-19(24-25-20(18)22(26)27)14-4-8-16(23)9-5-14/h4-11,21H,3,12-13H2,1-2H3,(H,24,25). The van der Waals surface area contributed by atoms with Crippen LogP contribution in [0, 0.1) is 0 Å². The van der Waals surface area contributed by atoms with E-state index >= 15 is 0 Å². The highest BCUT2D eigenvalue weighted by Crippen LogP contribution is 2.43. The number of nitrogens with one attached hydrogen (secondary N) is 1. The van der Waals surface area contributed by atoms with Crippen molar-refractivity contribution in [2.45, 2.75) is 12.5 Å². The number of hydrogen-bond acceptors (Lipinski definition) is 4. The molecule has 1 amide bonds. The van der Waals surface area contributed by atoms with Crippen LogP contribution < -0.4 is 4.74 Å². The molecule has 1 N–H and O–H groups in total. The molecule has 1 aliphatic heterocycles. The normalized spacial score (nSPS) is 15.6. The van der Waals surface area contributed by atoms with E-state index in [1.54, 1.807) is 14.2 Å². The van der Waals surface area contributed by atoms with Gasteiger partial charge in [-0.25, -0.2) is 0 Å². The van der Waals surface area contributed by atoms with Crippen molar-refractivity contribution in [3.63, 3.8) is 0 Å². The van der Waals surface area contributed by atoms with Gasteiger partial charge in [0.15, 0.2) is 0 Å². The summed E-state index contributed by atoms with van der Waals surface area (Å²) in [6.45, 7) is 1.18. The summed E-state index contributed by atoms with van der Waals surface area (Å²) in [7, 11) is 3.30. The van der Waals surface area contributed by atoms with Crippen molar-refractivity contribution in [2.75, 3.05) is 27.4 Å². The van der Waals surface area contributed by atoms with Crippen LogP contribution in [0.2, 0.25) is 5.02 Å². The molecule has 2 heterocycles. The van der Waals surface area contributed by atoms with E-state index < -0.39 is 0 Å². The third-order valence-electron chi connectivity index (χ3n) is 5.16. The summed E-state index contributed by atoms with van der Waals surface area (Å²) in [5.74, 6) is 0.721. The fourth-order valence-electron chi connectivity index (χ4n) is 3.77. The van der Waals surface area contributed by atoms with Gasteiger partial charge in [0.2, 0.25) is 0 Å². The summed E-state index contributed by atoms with van der Waals surface area (Å²) in [5.41, 5.74) is 4.11. The number of ether oxygens (including phenoxy) is 2. The van der Waals surface area contributed by atoms with E-state index in [1.807, 2.05) is 53.4 Å². The number of nitrogens with zero attached hydrogens (tertiary/aromatic N) is 2. The number of benzene rings is 2. The van der Waals surface area contributed by atoms with Gasteiger partial charge in [-0.2, -0.15) is 5.10 Å². The molecule has 0 saturated carbocycles. The van der Waals surface area contributed by atoms with E-state index in [0.29, 0.717) is 23.9 Å². The molecular weight excluding hydrogens is 390 g/mol. The molecule has 0 aliphatic carbocycles. The average Bonchev–Trinajstić information content (AvgIpc) is 3.28. The fraction of sp³-hybridized carbons (Fsp3) is 0.273. The lowest BCUT2D eigenvalue weighted by molar-refractivity contribution is 0.0723. The highest BCUT2D eigenvalue weighted by atomic mass is 35.5. The number of carbonyl (C=O) groups is 1. The number of fused-ring (bicyclic) bond motifs is 1.